The molecule has 5 N–H and O–H groups in total. The van der Waals surface area contributed by atoms with Crippen molar-refractivity contribution < 1.29 is 13.9 Å². The van der Waals surface area contributed by atoms with Gasteiger partial charge in [-0.1, -0.05) is 0 Å². The monoisotopic (exact) mass is 349 g/mol. The van der Waals surface area contributed by atoms with E-state index in [-0.39, 0.29) is 5.82 Å². The fourth-order valence-corrected chi connectivity index (χ4v) is 3.06. The second kappa shape index (κ2) is 5.38. The van der Waals surface area contributed by atoms with Gasteiger partial charge in [0.15, 0.2) is 6.23 Å². The van der Waals surface area contributed by atoms with Gasteiger partial charge in [0.05, 0.1) is 5.39 Å². The first kappa shape index (κ1) is 15.8. The van der Waals surface area contributed by atoms with Crippen LogP contribution >= 0.6 is 0 Å². The van der Waals surface area contributed by atoms with Gasteiger partial charge in [-0.2, -0.15) is 5.10 Å². The number of aromatic nitrogens is 5. The van der Waals surface area contributed by atoms with E-state index in [4.69, 9.17) is 5.73 Å². The molecule has 0 aliphatic heterocycles. The summed E-state index contributed by atoms with van der Waals surface area (Å²) in [6.45, 7) is 1.82. The predicted molar refractivity (Wildman–Crippen MR) is 87.1 cm³/mol. The second-order valence-corrected chi connectivity index (χ2v) is 6.30. The van der Waals surface area contributed by atoms with E-state index in [1.54, 1.807) is 6.07 Å². The third kappa shape index (κ3) is 2.40. The van der Waals surface area contributed by atoms with Gasteiger partial charge in [0.2, 0.25) is 0 Å². The summed E-state index contributed by atoms with van der Waals surface area (Å²) in [6.07, 6.45) is -0.332. The molecule has 1 atom stereocenters. The highest BCUT2D eigenvalue weighted by Gasteiger charge is 2.54. The molecule has 0 aromatic carbocycles. The minimum absolute atomic E-state index is 0.128. The van der Waals surface area contributed by atoms with Crippen LogP contribution in [0, 0.1) is 6.92 Å². The van der Waals surface area contributed by atoms with Crippen molar-refractivity contribution in [2.24, 2.45) is 0 Å². The minimum Gasteiger partial charge on any atom is -0.383 e. The molecule has 1 aliphatic carbocycles. The van der Waals surface area contributed by atoms with E-state index in [2.05, 4.69) is 25.5 Å². The van der Waals surface area contributed by atoms with Crippen LogP contribution in [0.25, 0.3) is 11.0 Å². The van der Waals surface area contributed by atoms with E-state index in [9.17, 15) is 13.9 Å². The van der Waals surface area contributed by atoms with Crippen LogP contribution in [-0.2, 0) is 5.54 Å². The van der Waals surface area contributed by atoms with Crippen molar-refractivity contribution in [2.45, 2.75) is 38.0 Å². The van der Waals surface area contributed by atoms with Crippen LogP contribution in [0.2, 0.25) is 0 Å². The number of nitrogens with two attached hydrogens (primary N) is 1. The smallest absolute Gasteiger partial charge is 0.261 e. The lowest BCUT2D eigenvalue weighted by Gasteiger charge is -2.17. The summed E-state index contributed by atoms with van der Waals surface area (Å²) < 4.78 is 28.5. The average Bonchev–Trinajstić information content (AvgIpc) is 3.13. The molecular formula is C15H17F2N7O. The first-order valence-corrected chi connectivity index (χ1v) is 7.79. The molecule has 132 valence electrons. The molecule has 3 heterocycles. The molecule has 25 heavy (non-hydrogen) atoms. The quantitative estimate of drug-likeness (QED) is 0.523. The van der Waals surface area contributed by atoms with Crippen LogP contribution in [0.3, 0.4) is 0 Å². The standard InChI is InChI=1S/C15H17F2N7O/c1-7-4-9(23-22-7)21-13(25)8-5-24(15(2-3-15)14(16)17)12-10(8)11(18)19-6-20-12/h4-6,13-14,25H,2-3H2,1H3,(H2,18,19,20)(H2,21,22,23). The first-order chi connectivity index (χ1) is 11.9. The van der Waals surface area contributed by atoms with Crippen molar-refractivity contribution in [2.75, 3.05) is 11.1 Å². The number of rotatable bonds is 5. The van der Waals surface area contributed by atoms with Crippen LogP contribution in [0.5, 0.6) is 0 Å². The molecule has 3 aromatic heterocycles. The number of aliphatic hydroxyl groups is 1. The second-order valence-electron chi connectivity index (χ2n) is 6.30. The lowest BCUT2D eigenvalue weighted by molar-refractivity contribution is 0.0689. The van der Waals surface area contributed by atoms with Gasteiger partial charge in [0, 0.05) is 23.5 Å². The highest BCUT2D eigenvalue weighted by Crippen LogP contribution is 2.51. The third-order valence-electron chi connectivity index (χ3n) is 4.58. The number of alkyl halides is 2. The van der Waals surface area contributed by atoms with Crippen molar-refractivity contribution in [3.05, 3.63) is 29.8 Å². The molecule has 0 amide bonds. The van der Waals surface area contributed by atoms with E-state index in [0.29, 0.717) is 35.3 Å². The first-order valence-electron chi connectivity index (χ1n) is 7.79. The Hall–Kier alpha value is -2.75. The molecule has 0 bridgehead atoms. The van der Waals surface area contributed by atoms with Crippen molar-refractivity contribution in [1.82, 2.24) is 24.7 Å². The number of hydrogen-bond acceptors (Lipinski definition) is 6. The molecule has 1 unspecified atom stereocenters. The summed E-state index contributed by atoms with van der Waals surface area (Å²) >= 11 is 0. The number of nitrogen functional groups attached to an aromatic ring is 1. The molecule has 0 saturated heterocycles. The Morgan fingerprint density at radius 2 is 2.16 bits per heavy atom. The molecule has 8 nitrogen and oxygen atoms in total. The maximum absolute atomic E-state index is 13.6. The third-order valence-corrected chi connectivity index (χ3v) is 4.58. The van der Waals surface area contributed by atoms with Crippen LogP contribution in [0.1, 0.15) is 30.3 Å². The van der Waals surface area contributed by atoms with E-state index in [0.717, 1.165) is 5.69 Å². The van der Waals surface area contributed by atoms with E-state index in [1.165, 1.54) is 17.1 Å². The summed E-state index contributed by atoms with van der Waals surface area (Å²) in [4.78, 5) is 8.05. The maximum Gasteiger partial charge on any atom is 0.261 e. The molecular weight excluding hydrogens is 332 g/mol. The number of aryl methyl sites for hydroxylation is 1. The molecule has 0 radical (unpaired) electrons. The van der Waals surface area contributed by atoms with Crippen molar-refractivity contribution in [3.63, 3.8) is 0 Å². The van der Waals surface area contributed by atoms with Crippen molar-refractivity contribution >= 4 is 22.7 Å². The summed E-state index contributed by atoms with van der Waals surface area (Å²) in [5, 5.41) is 20.5. The summed E-state index contributed by atoms with van der Waals surface area (Å²) in [7, 11) is 0. The minimum atomic E-state index is -2.54. The van der Waals surface area contributed by atoms with Crippen LogP contribution in [0.15, 0.2) is 18.6 Å². The predicted octanol–water partition coefficient (Wildman–Crippen LogP) is 1.90. The largest absolute Gasteiger partial charge is 0.383 e. The van der Waals surface area contributed by atoms with E-state index in [1.807, 2.05) is 6.92 Å². The topological polar surface area (TPSA) is 118 Å². The molecule has 3 aromatic rings. The highest BCUT2D eigenvalue weighted by atomic mass is 19.3. The fraction of sp³-hybridized carbons (Fsp3) is 0.400. The summed E-state index contributed by atoms with van der Waals surface area (Å²) in [5.41, 5.74) is 6.08. The Morgan fingerprint density at radius 3 is 2.76 bits per heavy atom. The number of nitrogens with one attached hydrogen (secondary N) is 2. The zero-order chi connectivity index (χ0) is 17.8. The zero-order valence-corrected chi connectivity index (χ0v) is 13.4. The maximum atomic E-state index is 13.6. The van der Waals surface area contributed by atoms with Gasteiger partial charge in [-0.05, 0) is 19.8 Å². The number of aliphatic hydroxyl groups excluding tert-OH is 1. The number of halogens is 2. The van der Waals surface area contributed by atoms with Gasteiger partial charge in [-0.3, -0.25) is 5.10 Å². The summed E-state index contributed by atoms with van der Waals surface area (Å²) in [6, 6.07) is 1.71. The Morgan fingerprint density at radius 1 is 1.40 bits per heavy atom. The van der Waals surface area contributed by atoms with Crippen LogP contribution in [-0.4, -0.2) is 36.3 Å². The molecule has 1 saturated carbocycles. The normalized spacial score (nSPS) is 17.2. The average molecular weight is 349 g/mol. The van der Waals surface area contributed by atoms with Gasteiger partial charge in [0.25, 0.3) is 6.43 Å². The van der Waals surface area contributed by atoms with Crippen LogP contribution in [0.4, 0.5) is 20.4 Å². The van der Waals surface area contributed by atoms with Gasteiger partial charge in [-0.25, -0.2) is 18.7 Å². The highest BCUT2D eigenvalue weighted by molar-refractivity contribution is 5.90. The summed E-state index contributed by atoms with van der Waals surface area (Å²) in [5.74, 6) is 0.555. The molecule has 4 rings (SSSR count). The molecule has 1 aliphatic rings. The fourth-order valence-electron chi connectivity index (χ4n) is 3.06. The van der Waals surface area contributed by atoms with E-state index < -0.39 is 18.2 Å². The van der Waals surface area contributed by atoms with Gasteiger partial charge < -0.3 is 20.7 Å². The molecule has 10 heteroatoms. The molecule has 1 fully saturated rings. The van der Waals surface area contributed by atoms with Gasteiger partial charge >= 0.3 is 0 Å². The zero-order valence-electron chi connectivity index (χ0n) is 13.4. The van der Waals surface area contributed by atoms with Crippen LogP contribution < -0.4 is 11.1 Å². The number of hydrogen-bond donors (Lipinski definition) is 4. The van der Waals surface area contributed by atoms with Gasteiger partial charge in [0.1, 0.15) is 29.1 Å². The van der Waals surface area contributed by atoms with E-state index >= 15 is 0 Å². The Balaban J connectivity index is 1.81. The Kier molecular flexibility index (Phi) is 3.39. The van der Waals surface area contributed by atoms with Gasteiger partial charge in [-0.15, -0.1) is 0 Å². The number of H-pyrrole nitrogens is 1. The lowest BCUT2D eigenvalue weighted by Crippen LogP contribution is -2.25. The number of fused-ring (bicyclic) bond motifs is 1. The Bertz CT molecular complexity index is 931. The number of anilines is 2. The lowest BCUT2D eigenvalue weighted by atomic mass is 10.2. The van der Waals surface area contributed by atoms with Crippen molar-refractivity contribution in [3.8, 4) is 0 Å². The molecule has 0 spiro atoms. The van der Waals surface area contributed by atoms with Crippen molar-refractivity contribution in [1.29, 1.82) is 0 Å². The number of aromatic amines is 1. The number of nitrogens with zero attached hydrogens (tertiary/aromatic N) is 4. The SMILES string of the molecule is Cc1cc(NC(O)c2cn(C3(C(F)F)CC3)c3ncnc(N)c23)n[nH]1. The Labute approximate surface area is 141 Å².